The molecule has 4 aromatic rings. The zero-order valence-electron chi connectivity index (χ0n) is 19.7. The standard InChI is InChI=1S/C28H22ClNO6/c1-15-18(29)8-6-9-19(15)30-25(17-11-12-21(34-2)22(14-17)35-3)24(27(32)28(30)33)26(31)23-13-16-7-4-5-10-20(16)36-23/h4-14,25,32H,1-3H3. The molecule has 36 heavy (non-hydrogen) atoms. The summed E-state index contributed by atoms with van der Waals surface area (Å²) in [6.45, 7) is 1.77. The summed E-state index contributed by atoms with van der Waals surface area (Å²) < 4.78 is 16.6. The van der Waals surface area contributed by atoms with Crippen molar-refractivity contribution in [2.24, 2.45) is 0 Å². The fourth-order valence-corrected chi connectivity index (χ4v) is 4.68. The van der Waals surface area contributed by atoms with Gasteiger partial charge in [-0.2, -0.15) is 0 Å². The first-order valence-corrected chi connectivity index (χ1v) is 11.5. The summed E-state index contributed by atoms with van der Waals surface area (Å²) in [7, 11) is 3.01. The van der Waals surface area contributed by atoms with Gasteiger partial charge in [0.1, 0.15) is 5.58 Å². The second-order valence-electron chi connectivity index (χ2n) is 8.32. The Bertz CT molecular complexity index is 1520. The zero-order valence-corrected chi connectivity index (χ0v) is 20.5. The van der Waals surface area contributed by atoms with Crippen molar-refractivity contribution in [3.8, 4) is 11.5 Å². The van der Waals surface area contributed by atoms with Crippen LogP contribution in [-0.2, 0) is 4.79 Å². The highest BCUT2D eigenvalue weighted by Gasteiger charge is 2.46. The van der Waals surface area contributed by atoms with Gasteiger partial charge >= 0.3 is 0 Å². The normalized spacial score (nSPS) is 15.6. The number of ether oxygens (including phenoxy) is 2. The highest BCUT2D eigenvalue weighted by molar-refractivity contribution is 6.32. The van der Waals surface area contributed by atoms with Gasteiger partial charge in [0, 0.05) is 16.1 Å². The molecule has 0 fully saturated rings. The number of halogens is 1. The lowest BCUT2D eigenvalue weighted by Crippen LogP contribution is -2.31. The quantitative estimate of drug-likeness (QED) is 0.315. The molecule has 7 nitrogen and oxygen atoms in total. The topological polar surface area (TPSA) is 89.2 Å². The van der Waals surface area contributed by atoms with Crippen LogP contribution in [0.15, 0.2) is 82.5 Å². The molecule has 1 unspecified atom stereocenters. The number of hydrogen-bond acceptors (Lipinski definition) is 6. The summed E-state index contributed by atoms with van der Waals surface area (Å²) in [4.78, 5) is 28.6. The van der Waals surface area contributed by atoms with Crippen LogP contribution in [-0.4, -0.2) is 31.0 Å². The Balaban J connectivity index is 1.71. The van der Waals surface area contributed by atoms with Gasteiger partial charge in [-0.15, -0.1) is 0 Å². The van der Waals surface area contributed by atoms with E-state index in [9.17, 15) is 14.7 Å². The molecule has 1 aromatic heterocycles. The van der Waals surface area contributed by atoms with Gasteiger partial charge < -0.3 is 19.0 Å². The number of aliphatic hydroxyl groups is 1. The van der Waals surface area contributed by atoms with E-state index in [1.807, 2.05) is 12.1 Å². The van der Waals surface area contributed by atoms with E-state index in [2.05, 4.69) is 0 Å². The second-order valence-corrected chi connectivity index (χ2v) is 8.72. The van der Waals surface area contributed by atoms with E-state index in [1.54, 1.807) is 61.5 Å². The van der Waals surface area contributed by atoms with Crippen LogP contribution in [0, 0.1) is 6.92 Å². The number of carbonyl (C=O) groups excluding carboxylic acids is 2. The highest BCUT2D eigenvalue weighted by Crippen LogP contribution is 2.45. The van der Waals surface area contributed by atoms with Crippen molar-refractivity contribution >= 4 is 39.9 Å². The van der Waals surface area contributed by atoms with Gasteiger partial charge in [-0.3, -0.25) is 14.5 Å². The van der Waals surface area contributed by atoms with Gasteiger partial charge in [-0.25, -0.2) is 0 Å². The molecule has 1 N–H and O–H groups in total. The maximum absolute atomic E-state index is 13.8. The number of carbonyl (C=O) groups is 2. The van der Waals surface area contributed by atoms with Crippen molar-refractivity contribution in [3.63, 3.8) is 0 Å². The van der Waals surface area contributed by atoms with Gasteiger partial charge in [-0.1, -0.05) is 41.9 Å². The number of aliphatic hydroxyl groups excluding tert-OH is 1. The molecular formula is C28H22ClNO6. The number of hydrogen-bond donors (Lipinski definition) is 1. The number of anilines is 1. The molecule has 1 atom stereocenters. The first-order chi connectivity index (χ1) is 17.3. The largest absolute Gasteiger partial charge is 0.503 e. The molecule has 182 valence electrons. The number of rotatable bonds is 6. The number of ketones is 1. The van der Waals surface area contributed by atoms with Crippen molar-refractivity contribution in [3.05, 3.63) is 100.0 Å². The molecule has 0 saturated carbocycles. The molecule has 2 heterocycles. The molecule has 0 radical (unpaired) electrons. The van der Waals surface area contributed by atoms with Crippen LogP contribution in [0.2, 0.25) is 5.02 Å². The summed E-state index contributed by atoms with van der Waals surface area (Å²) in [5.74, 6) is -1.07. The summed E-state index contributed by atoms with van der Waals surface area (Å²) in [6.07, 6.45) is 0. The van der Waals surface area contributed by atoms with Gasteiger partial charge in [0.25, 0.3) is 5.91 Å². The van der Waals surface area contributed by atoms with Crippen molar-refractivity contribution in [2.75, 3.05) is 19.1 Å². The summed E-state index contributed by atoms with van der Waals surface area (Å²) in [5.41, 5.74) is 2.04. The van der Waals surface area contributed by atoms with Gasteiger partial charge in [0.2, 0.25) is 5.78 Å². The molecule has 0 aliphatic carbocycles. The van der Waals surface area contributed by atoms with Gasteiger partial charge in [0.15, 0.2) is 23.0 Å². The third-order valence-electron chi connectivity index (χ3n) is 6.32. The zero-order chi connectivity index (χ0) is 25.6. The highest BCUT2D eigenvalue weighted by atomic mass is 35.5. The number of furan rings is 1. The Morgan fingerprint density at radius 1 is 1.00 bits per heavy atom. The van der Waals surface area contributed by atoms with Crippen molar-refractivity contribution in [1.29, 1.82) is 0 Å². The summed E-state index contributed by atoms with van der Waals surface area (Å²) >= 11 is 6.36. The fraction of sp³-hybridized carbons (Fsp3) is 0.143. The predicted molar refractivity (Wildman–Crippen MR) is 136 cm³/mol. The number of nitrogens with zero attached hydrogens (tertiary/aromatic N) is 1. The molecule has 8 heteroatoms. The number of methoxy groups -OCH3 is 2. The third-order valence-corrected chi connectivity index (χ3v) is 6.73. The smallest absolute Gasteiger partial charge is 0.294 e. The van der Waals surface area contributed by atoms with Crippen LogP contribution in [0.25, 0.3) is 11.0 Å². The molecular weight excluding hydrogens is 482 g/mol. The SMILES string of the molecule is COc1ccc(C2C(C(=O)c3cc4ccccc4o3)=C(O)C(=O)N2c2cccc(Cl)c2C)cc1OC. The number of benzene rings is 3. The van der Waals surface area contributed by atoms with Crippen LogP contribution in [0.3, 0.4) is 0 Å². The summed E-state index contributed by atoms with van der Waals surface area (Å²) in [6, 6.07) is 18.0. The Morgan fingerprint density at radius 2 is 1.75 bits per heavy atom. The number of Topliss-reactive ketones (excluding diaryl/α,β-unsaturated/α-hetero) is 1. The average molecular weight is 504 g/mol. The second kappa shape index (κ2) is 9.09. The van der Waals surface area contributed by atoms with E-state index in [-0.39, 0.29) is 11.3 Å². The van der Waals surface area contributed by atoms with Crippen LogP contribution in [0.4, 0.5) is 5.69 Å². The first kappa shape index (κ1) is 23.5. The van der Waals surface area contributed by atoms with Crippen LogP contribution >= 0.6 is 11.6 Å². The Morgan fingerprint density at radius 3 is 2.47 bits per heavy atom. The molecule has 1 aliphatic rings. The maximum Gasteiger partial charge on any atom is 0.294 e. The van der Waals surface area contributed by atoms with E-state index in [1.165, 1.54) is 19.1 Å². The molecule has 1 aliphatic heterocycles. The first-order valence-electron chi connectivity index (χ1n) is 11.1. The lowest BCUT2D eigenvalue weighted by atomic mass is 9.94. The lowest BCUT2D eigenvalue weighted by Gasteiger charge is -2.28. The number of fused-ring (bicyclic) bond motifs is 1. The fourth-order valence-electron chi connectivity index (χ4n) is 4.51. The van der Waals surface area contributed by atoms with Crippen LogP contribution in [0.1, 0.15) is 27.7 Å². The summed E-state index contributed by atoms with van der Waals surface area (Å²) in [5, 5.41) is 12.2. The number of amides is 1. The Kier molecular flexibility index (Phi) is 5.94. The van der Waals surface area contributed by atoms with E-state index >= 15 is 0 Å². The monoisotopic (exact) mass is 503 g/mol. The minimum absolute atomic E-state index is 0.0145. The lowest BCUT2D eigenvalue weighted by molar-refractivity contribution is -0.117. The van der Waals surface area contributed by atoms with Crippen LogP contribution in [0.5, 0.6) is 11.5 Å². The predicted octanol–water partition coefficient (Wildman–Crippen LogP) is 6.19. The maximum atomic E-state index is 13.8. The van der Waals surface area contributed by atoms with Crippen molar-refractivity contribution in [2.45, 2.75) is 13.0 Å². The molecule has 0 spiro atoms. The molecule has 5 rings (SSSR count). The molecule has 0 saturated heterocycles. The minimum Gasteiger partial charge on any atom is -0.503 e. The van der Waals surface area contributed by atoms with E-state index < -0.39 is 23.5 Å². The van der Waals surface area contributed by atoms with E-state index in [0.717, 1.165) is 5.39 Å². The van der Waals surface area contributed by atoms with E-state index in [4.69, 9.17) is 25.5 Å². The van der Waals surface area contributed by atoms with Crippen molar-refractivity contribution in [1.82, 2.24) is 0 Å². The third kappa shape index (κ3) is 3.69. The molecule has 0 bridgehead atoms. The Hall–Kier alpha value is -4.23. The van der Waals surface area contributed by atoms with Gasteiger partial charge in [-0.05, 0) is 54.4 Å². The van der Waals surface area contributed by atoms with E-state index in [0.29, 0.717) is 38.9 Å². The minimum atomic E-state index is -0.977. The Labute approximate surface area is 212 Å². The molecule has 3 aromatic carbocycles. The van der Waals surface area contributed by atoms with Gasteiger partial charge in [0.05, 0.1) is 25.8 Å². The average Bonchev–Trinajstić information content (AvgIpc) is 3.44. The van der Waals surface area contributed by atoms with Crippen molar-refractivity contribution < 1.29 is 28.6 Å². The van der Waals surface area contributed by atoms with Crippen LogP contribution < -0.4 is 14.4 Å². The molecule has 1 amide bonds. The number of para-hydroxylation sites is 1.